The summed E-state index contributed by atoms with van der Waals surface area (Å²) >= 11 is 0. The zero-order chi connectivity index (χ0) is 13.5. The average molecular weight is 254 g/mol. The molecule has 0 radical (unpaired) electrons. The highest BCUT2D eigenvalue weighted by Crippen LogP contribution is 2.16. The Morgan fingerprint density at radius 2 is 1.79 bits per heavy atom. The Morgan fingerprint density at radius 1 is 1.05 bits per heavy atom. The number of benzene rings is 2. The molecule has 0 saturated heterocycles. The van der Waals surface area contributed by atoms with Crippen LogP contribution in [0.2, 0.25) is 0 Å². The van der Waals surface area contributed by atoms with Gasteiger partial charge in [0, 0.05) is 0 Å². The van der Waals surface area contributed by atoms with Crippen molar-refractivity contribution >= 4 is 6.29 Å². The molecule has 0 atom stereocenters. The summed E-state index contributed by atoms with van der Waals surface area (Å²) in [6, 6.07) is 15.8. The summed E-state index contributed by atoms with van der Waals surface area (Å²) in [6.45, 7) is 2.71. The molecule has 0 heterocycles. The molecule has 2 nitrogen and oxygen atoms in total. The van der Waals surface area contributed by atoms with E-state index in [4.69, 9.17) is 4.74 Å². The first-order valence-electron chi connectivity index (χ1n) is 6.52. The molecule has 0 aliphatic heterocycles. The number of carbonyl (C=O) groups is 1. The summed E-state index contributed by atoms with van der Waals surface area (Å²) in [4.78, 5) is 10.8. The van der Waals surface area contributed by atoms with Gasteiger partial charge in [-0.25, -0.2) is 0 Å². The van der Waals surface area contributed by atoms with E-state index in [0.29, 0.717) is 17.9 Å². The topological polar surface area (TPSA) is 26.3 Å². The van der Waals surface area contributed by atoms with Crippen molar-refractivity contribution in [2.24, 2.45) is 0 Å². The van der Waals surface area contributed by atoms with Crippen LogP contribution in [0.5, 0.6) is 5.75 Å². The van der Waals surface area contributed by atoms with Gasteiger partial charge in [0.15, 0.2) is 6.29 Å². The SMILES string of the molecule is Cc1ccc(CCCOc2ccccc2C=O)cc1. The van der Waals surface area contributed by atoms with E-state index in [-0.39, 0.29) is 0 Å². The van der Waals surface area contributed by atoms with Crippen molar-refractivity contribution in [1.29, 1.82) is 0 Å². The summed E-state index contributed by atoms with van der Waals surface area (Å²) in [5, 5.41) is 0. The van der Waals surface area contributed by atoms with E-state index < -0.39 is 0 Å². The molecule has 0 saturated carbocycles. The van der Waals surface area contributed by atoms with Crippen molar-refractivity contribution in [3.63, 3.8) is 0 Å². The van der Waals surface area contributed by atoms with Crippen molar-refractivity contribution in [2.45, 2.75) is 19.8 Å². The zero-order valence-electron chi connectivity index (χ0n) is 11.1. The summed E-state index contributed by atoms with van der Waals surface area (Å²) in [5.74, 6) is 0.668. The van der Waals surface area contributed by atoms with Gasteiger partial charge in [0.1, 0.15) is 5.75 Å². The van der Waals surface area contributed by atoms with Crippen LogP contribution in [0.3, 0.4) is 0 Å². The number of hydrogen-bond acceptors (Lipinski definition) is 2. The van der Waals surface area contributed by atoms with E-state index in [2.05, 4.69) is 31.2 Å². The van der Waals surface area contributed by atoms with E-state index in [1.807, 2.05) is 18.2 Å². The van der Waals surface area contributed by atoms with Gasteiger partial charge in [-0.1, -0.05) is 42.0 Å². The summed E-state index contributed by atoms with van der Waals surface area (Å²) < 4.78 is 5.64. The average Bonchev–Trinajstić information content (AvgIpc) is 2.46. The molecule has 98 valence electrons. The van der Waals surface area contributed by atoms with Gasteiger partial charge in [0.2, 0.25) is 0 Å². The van der Waals surface area contributed by atoms with Crippen molar-refractivity contribution in [2.75, 3.05) is 6.61 Å². The Labute approximate surface area is 114 Å². The highest BCUT2D eigenvalue weighted by atomic mass is 16.5. The third-order valence-electron chi connectivity index (χ3n) is 3.03. The molecule has 0 amide bonds. The number of aryl methyl sites for hydroxylation is 2. The van der Waals surface area contributed by atoms with Gasteiger partial charge >= 0.3 is 0 Å². The molecule has 19 heavy (non-hydrogen) atoms. The van der Waals surface area contributed by atoms with Gasteiger partial charge in [-0.15, -0.1) is 0 Å². The van der Waals surface area contributed by atoms with Crippen molar-refractivity contribution < 1.29 is 9.53 Å². The molecule has 0 N–H and O–H groups in total. The third kappa shape index (κ3) is 3.95. The minimum atomic E-state index is 0.609. The number of aldehydes is 1. The van der Waals surface area contributed by atoms with Crippen LogP contribution in [-0.4, -0.2) is 12.9 Å². The number of para-hydroxylation sites is 1. The molecule has 0 aliphatic carbocycles. The van der Waals surface area contributed by atoms with Gasteiger partial charge in [-0.05, 0) is 37.5 Å². The lowest BCUT2D eigenvalue weighted by Gasteiger charge is -2.08. The van der Waals surface area contributed by atoms with Crippen LogP contribution in [0.1, 0.15) is 27.9 Å². The standard InChI is InChI=1S/C17H18O2/c1-14-8-10-15(11-9-14)5-4-12-19-17-7-3-2-6-16(17)13-18/h2-3,6-11,13H,4-5,12H2,1H3. The predicted molar refractivity (Wildman–Crippen MR) is 76.8 cm³/mol. The maximum Gasteiger partial charge on any atom is 0.153 e. The Morgan fingerprint density at radius 3 is 2.53 bits per heavy atom. The van der Waals surface area contributed by atoms with Crippen LogP contribution in [0, 0.1) is 6.92 Å². The minimum Gasteiger partial charge on any atom is -0.493 e. The van der Waals surface area contributed by atoms with Crippen molar-refractivity contribution in [3.05, 3.63) is 65.2 Å². The smallest absolute Gasteiger partial charge is 0.153 e. The van der Waals surface area contributed by atoms with Crippen LogP contribution in [0.4, 0.5) is 0 Å². The number of rotatable bonds is 6. The lowest BCUT2D eigenvalue weighted by molar-refractivity contribution is 0.111. The Kier molecular flexibility index (Phi) is 4.73. The number of hydrogen-bond donors (Lipinski definition) is 0. The first-order chi connectivity index (χ1) is 9.29. The highest BCUT2D eigenvalue weighted by molar-refractivity contribution is 5.79. The first kappa shape index (κ1) is 13.3. The molecule has 0 aliphatic rings. The molecular weight excluding hydrogens is 236 g/mol. The number of carbonyl (C=O) groups excluding carboxylic acids is 1. The fourth-order valence-electron chi connectivity index (χ4n) is 1.92. The fraction of sp³-hybridized carbons (Fsp3) is 0.235. The van der Waals surface area contributed by atoms with Crippen LogP contribution in [0.15, 0.2) is 48.5 Å². The van der Waals surface area contributed by atoms with Crippen LogP contribution >= 0.6 is 0 Å². The molecule has 2 aromatic rings. The Balaban J connectivity index is 1.80. The highest BCUT2D eigenvalue weighted by Gasteiger charge is 2.01. The quantitative estimate of drug-likeness (QED) is 0.578. The predicted octanol–water partition coefficient (Wildman–Crippen LogP) is 3.82. The maximum absolute atomic E-state index is 10.8. The summed E-state index contributed by atoms with van der Waals surface area (Å²) in [5.41, 5.74) is 3.20. The second-order valence-electron chi connectivity index (χ2n) is 4.59. The lowest BCUT2D eigenvalue weighted by atomic mass is 10.1. The van der Waals surface area contributed by atoms with Gasteiger partial charge in [0.25, 0.3) is 0 Å². The molecule has 0 aromatic heterocycles. The van der Waals surface area contributed by atoms with Gasteiger partial charge < -0.3 is 4.74 Å². The monoisotopic (exact) mass is 254 g/mol. The van der Waals surface area contributed by atoms with Crippen molar-refractivity contribution in [1.82, 2.24) is 0 Å². The van der Waals surface area contributed by atoms with Crippen LogP contribution in [0.25, 0.3) is 0 Å². The van der Waals surface area contributed by atoms with Crippen molar-refractivity contribution in [3.8, 4) is 5.75 Å². The summed E-state index contributed by atoms with van der Waals surface area (Å²) in [7, 11) is 0. The molecular formula is C17H18O2. The lowest BCUT2D eigenvalue weighted by Crippen LogP contribution is -2.01. The van der Waals surface area contributed by atoms with E-state index >= 15 is 0 Å². The normalized spacial score (nSPS) is 10.2. The van der Waals surface area contributed by atoms with Gasteiger partial charge in [0.05, 0.1) is 12.2 Å². The largest absolute Gasteiger partial charge is 0.493 e. The molecule has 0 spiro atoms. The second-order valence-corrected chi connectivity index (χ2v) is 4.59. The first-order valence-corrected chi connectivity index (χ1v) is 6.52. The Hall–Kier alpha value is -2.09. The van der Waals surface area contributed by atoms with E-state index in [0.717, 1.165) is 19.1 Å². The molecule has 0 fully saturated rings. The molecule has 2 aromatic carbocycles. The second kappa shape index (κ2) is 6.74. The molecule has 2 rings (SSSR count). The van der Waals surface area contributed by atoms with Crippen LogP contribution < -0.4 is 4.74 Å². The van der Waals surface area contributed by atoms with Gasteiger partial charge in [-0.2, -0.15) is 0 Å². The fourth-order valence-corrected chi connectivity index (χ4v) is 1.92. The van der Waals surface area contributed by atoms with Gasteiger partial charge in [-0.3, -0.25) is 4.79 Å². The molecule has 0 unspecified atom stereocenters. The summed E-state index contributed by atoms with van der Waals surface area (Å²) in [6.07, 6.45) is 2.76. The van der Waals surface area contributed by atoms with E-state index in [1.165, 1.54) is 11.1 Å². The number of ether oxygens (including phenoxy) is 1. The Bertz CT molecular complexity index is 529. The molecule has 0 bridgehead atoms. The third-order valence-corrected chi connectivity index (χ3v) is 3.03. The van der Waals surface area contributed by atoms with E-state index in [1.54, 1.807) is 6.07 Å². The maximum atomic E-state index is 10.8. The zero-order valence-corrected chi connectivity index (χ0v) is 11.1. The van der Waals surface area contributed by atoms with E-state index in [9.17, 15) is 4.79 Å². The minimum absolute atomic E-state index is 0.609. The molecule has 2 heteroatoms. The van der Waals surface area contributed by atoms with Crippen LogP contribution in [-0.2, 0) is 6.42 Å².